The Balaban J connectivity index is -0.0000000254. The molecule has 0 saturated heterocycles. The molecule has 0 aliphatic rings. The van der Waals surface area contributed by atoms with E-state index in [-0.39, 0.29) is 118 Å². The number of hydrogen-bond acceptors (Lipinski definition) is 12. The van der Waals surface area contributed by atoms with Crippen LogP contribution >= 0.6 is 0 Å². The van der Waals surface area contributed by atoms with Crippen LogP contribution in [0.15, 0.2) is 0 Å². The van der Waals surface area contributed by atoms with Gasteiger partial charge in [0, 0.05) is 0 Å². The molecule has 0 bridgehead atoms. The van der Waals surface area contributed by atoms with Gasteiger partial charge < -0.3 is 49.1 Å². The maximum atomic E-state index is 9.06. The summed E-state index contributed by atoms with van der Waals surface area (Å²) in [6, 6.07) is 0. The molecule has 0 unspecified atom stereocenters. The summed E-state index contributed by atoms with van der Waals surface area (Å²) < 4.78 is 5.72. The molecule has 0 aliphatic carbocycles. The Kier molecular flexibility index (Phi) is 69.5. The van der Waals surface area contributed by atoms with Crippen LogP contribution in [0.5, 0.6) is 0 Å². The van der Waals surface area contributed by atoms with Gasteiger partial charge in [0.15, 0.2) is 0 Å². The molecule has 0 aromatic heterocycles. The first kappa shape index (κ1) is 42.9. The normalized spacial score (nSPS) is 5.50. The smallest absolute Gasteiger partial charge is 0.483 e. The Labute approximate surface area is 199 Å². The third-order valence-electron chi connectivity index (χ3n) is 0.333. The summed E-state index contributed by atoms with van der Waals surface area (Å²) in [5, 5.41) is 48.2. The second-order valence-corrected chi connectivity index (χ2v) is 1.20. The van der Waals surface area contributed by atoms with Crippen LogP contribution in [-0.4, -0.2) is 35.1 Å². The van der Waals surface area contributed by atoms with E-state index in [1.165, 1.54) is 0 Å². The molecule has 12 nitrogen and oxygen atoms in total. The molecule has 2 N–H and O–H groups in total. The quantitative estimate of drug-likeness (QED) is 0.139. The first-order valence-electron chi connectivity index (χ1n) is 2.65. The minimum Gasteiger partial charge on any atom is -0.483 e. The molecule has 0 aliphatic heterocycles. The number of carbonyl (C=O) groups is 4. The average Bonchev–Trinajstić information content (AvgIpc) is 2.03. The van der Waals surface area contributed by atoms with Crippen molar-refractivity contribution in [3.8, 4) is 0 Å². The van der Waals surface area contributed by atoms with Gasteiger partial charge >= 0.3 is 118 Å². The first-order valence-corrected chi connectivity index (χ1v) is 2.65. The minimum atomic E-state index is -2.12. The molecule has 0 aromatic carbocycles. The number of hydrogen-bond donors (Lipinski definition) is 2. The van der Waals surface area contributed by atoms with Gasteiger partial charge in [-0.05, 0) is 0 Å². The number of carboxylic acid groups (broad SMARTS) is 4. The van der Waals surface area contributed by atoms with Crippen molar-refractivity contribution in [2.24, 2.45) is 0 Å². The van der Waals surface area contributed by atoms with Gasteiger partial charge in [-0.1, -0.05) is 0 Å². The van der Waals surface area contributed by atoms with Crippen LogP contribution in [0.4, 0.5) is 19.2 Å². The van der Waals surface area contributed by atoms with Crippen molar-refractivity contribution in [2.75, 3.05) is 0 Å². The maximum absolute atomic E-state index is 9.06. The van der Waals surface area contributed by atoms with Gasteiger partial charge in [-0.3, -0.25) is 10.5 Å². The van der Waals surface area contributed by atoms with E-state index in [1.807, 2.05) is 0 Å². The molecule has 0 spiro atoms. The predicted octanol–water partition coefficient (Wildman–Crippen LogP) is -16.6. The molecule has 20 heavy (non-hydrogen) atoms. The summed E-state index contributed by atoms with van der Waals surface area (Å²) in [7, 11) is 0. The predicted molar refractivity (Wildman–Crippen MR) is 29.0 cm³/mol. The fourth-order valence-electron chi connectivity index (χ4n) is 0.136. The number of rotatable bonds is 0. The van der Waals surface area contributed by atoms with E-state index in [0.717, 1.165) is 0 Å². The summed E-state index contributed by atoms with van der Waals surface area (Å²) in [6.45, 7) is 0. The molecule has 0 saturated carbocycles. The second kappa shape index (κ2) is 32.4. The summed E-state index contributed by atoms with van der Waals surface area (Å²) in [6.07, 6.45) is -8.50. The molecule has 0 rings (SSSR count). The summed E-state index contributed by atoms with van der Waals surface area (Å²) in [4.78, 5) is 36.2. The minimum absolute atomic E-state index is 0. The van der Waals surface area contributed by atoms with Crippen LogP contribution in [0.3, 0.4) is 0 Å². The van der Waals surface area contributed by atoms with E-state index in [2.05, 4.69) is 9.47 Å². The molecule has 0 amide bonds. The van der Waals surface area contributed by atoms with Crippen molar-refractivity contribution in [1.29, 1.82) is 0 Å². The van der Waals surface area contributed by atoms with Crippen molar-refractivity contribution in [3.63, 3.8) is 0 Å². The van der Waals surface area contributed by atoms with Gasteiger partial charge in [0.1, 0.15) is 0 Å². The Bertz CT molecular complexity index is 206. The molecule has 16 heteroatoms. The van der Waals surface area contributed by atoms with E-state index in [4.69, 9.17) is 50.1 Å². The SMILES string of the molecule is O=C([O-])OC(=O)[O-].O=C([O-])OC(=O)[O-].OO.[Na+].[Na+].[Na+].[Na+]. The van der Waals surface area contributed by atoms with Crippen molar-refractivity contribution in [1.82, 2.24) is 0 Å². The molecular weight excluding hydrogens is 332 g/mol. The number of carbonyl (C=O) groups excluding carboxylic acids is 4. The van der Waals surface area contributed by atoms with Crippen LogP contribution in [0.2, 0.25) is 0 Å². The molecular formula is C4H2Na4O12. The zero-order chi connectivity index (χ0) is 13.7. The molecule has 0 heterocycles. The molecule has 0 atom stereocenters. The second-order valence-electron chi connectivity index (χ2n) is 1.20. The zero-order valence-electron chi connectivity index (χ0n) is 11.0. The van der Waals surface area contributed by atoms with Crippen LogP contribution in [0.25, 0.3) is 0 Å². The average molecular weight is 334 g/mol. The van der Waals surface area contributed by atoms with Crippen LogP contribution in [-0.2, 0) is 9.47 Å². The van der Waals surface area contributed by atoms with E-state index < -0.39 is 24.6 Å². The Morgan fingerprint density at radius 2 is 0.650 bits per heavy atom. The summed E-state index contributed by atoms with van der Waals surface area (Å²) >= 11 is 0. The van der Waals surface area contributed by atoms with Gasteiger partial charge in [-0.15, -0.1) is 0 Å². The van der Waals surface area contributed by atoms with E-state index in [0.29, 0.717) is 0 Å². The van der Waals surface area contributed by atoms with Gasteiger partial charge in [0.05, 0.1) is 0 Å². The van der Waals surface area contributed by atoms with Crippen molar-refractivity contribution in [3.05, 3.63) is 0 Å². The Hall–Kier alpha value is 1.40. The molecule has 0 fully saturated rings. The van der Waals surface area contributed by atoms with Gasteiger partial charge in [-0.25, -0.2) is 0 Å². The van der Waals surface area contributed by atoms with Crippen LogP contribution in [0.1, 0.15) is 0 Å². The monoisotopic (exact) mass is 334 g/mol. The fraction of sp³-hybridized carbons (Fsp3) is 0. The van der Waals surface area contributed by atoms with Crippen LogP contribution in [0, 0.1) is 0 Å². The maximum Gasteiger partial charge on any atom is 1.00 e. The third-order valence-corrected chi connectivity index (χ3v) is 0.333. The van der Waals surface area contributed by atoms with Gasteiger partial charge in [0.25, 0.3) is 24.6 Å². The topological polar surface area (TPSA) is 219 Å². The molecule has 0 radical (unpaired) electrons. The van der Waals surface area contributed by atoms with Gasteiger partial charge in [-0.2, -0.15) is 0 Å². The van der Waals surface area contributed by atoms with Crippen molar-refractivity contribution < 1.29 is 178 Å². The van der Waals surface area contributed by atoms with E-state index in [9.17, 15) is 0 Å². The fourth-order valence-corrected chi connectivity index (χ4v) is 0.136. The Morgan fingerprint density at radius 3 is 0.650 bits per heavy atom. The molecule has 94 valence electrons. The standard InChI is InChI=1S/2C2H2O5.4Na.H2O2/c2*3-1(4)7-2(5)6;;;;;1-2/h2*(H,3,4)(H,5,6);;;;;1-2H/q;;4*+1;/p-4. The van der Waals surface area contributed by atoms with Crippen molar-refractivity contribution >= 4 is 24.6 Å². The van der Waals surface area contributed by atoms with E-state index in [1.54, 1.807) is 0 Å². The van der Waals surface area contributed by atoms with Gasteiger partial charge in [0.2, 0.25) is 0 Å². The van der Waals surface area contributed by atoms with E-state index >= 15 is 0 Å². The summed E-state index contributed by atoms with van der Waals surface area (Å²) in [5.74, 6) is 0. The largest absolute Gasteiger partial charge is 1.00 e. The van der Waals surface area contributed by atoms with Crippen LogP contribution < -0.4 is 139 Å². The third kappa shape index (κ3) is 74.3. The zero-order valence-corrected chi connectivity index (χ0v) is 19.0. The Morgan fingerprint density at radius 1 is 0.550 bits per heavy atom. The van der Waals surface area contributed by atoms with Crippen molar-refractivity contribution in [2.45, 2.75) is 0 Å². The summed E-state index contributed by atoms with van der Waals surface area (Å²) in [5.41, 5.74) is 0. The first-order chi connectivity index (χ1) is 7.25. The number of ether oxygens (including phenoxy) is 2. The molecule has 0 aromatic rings.